The molecule has 1 unspecified atom stereocenters. The Balaban J connectivity index is 1.60. The molecule has 2 aromatic carbocycles. The first-order valence-corrected chi connectivity index (χ1v) is 10.4. The molecule has 3 rings (SSSR count). The molecule has 5 nitrogen and oxygen atoms in total. The van der Waals surface area contributed by atoms with Crippen molar-refractivity contribution in [2.45, 2.75) is 38.4 Å². The summed E-state index contributed by atoms with van der Waals surface area (Å²) in [5.74, 6) is 0.727. The minimum absolute atomic E-state index is 0.0989. The third-order valence-corrected chi connectivity index (χ3v) is 5.32. The van der Waals surface area contributed by atoms with Gasteiger partial charge in [-0.25, -0.2) is 0 Å². The molecule has 1 atom stereocenters. The van der Waals surface area contributed by atoms with Gasteiger partial charge in [0.25, 0.3) is 0 Å². The Morgan fingerprint density at radius 1 is 1.03 bits per heavy atom. The maximum atomic E-state index is 11.6. The van der Waals surface area contributed by atoms with E-state index < -0.39 is 0 Å². The standard InChI is InChI=1S/C24H31NO4/c1-3-28-23(26)15-18-25-16-13-22(14-17-25)29-24(19-7-5-4-6-8-19)20-9-11-21(27-2)12-10-20/h4-12,22,24H,3,13-18H2,1-2H3. The second-order valence-electron chi connectivity index (χ2n) is 7.30. The van der Waals surface area contributed by atoms with Crippen LogP contribution < -0.4 is 4.74 Å². The van der Waals surface area contributed by atoms with Gasteiger partial charge in [0.2, 0.25) is 0 Å². The molecule has 0 radical (unpaired) electrons. The summed E-state index contributed by atoms with van der Waals surface area (Å²) in [6, 6.07) is 18.5. The quantitative estimate of drug-likeness (QED) is 0.593. The zero-order chi connectivity index (χ0) is 20.5. The second kappa shape index (κ2) is 11.0. The fraction of sp³-hybridized carbons (Fsp3) is 0.458. The molecule has 1 heterocycles. The smallest absolute Gasteiger partial charge is 0.307 e. The topological polar surface area (TPSA) is 48.0 Å². The van der Waals surface area contributed by atoms with Gasteiger partial charge in [-0.3, -0.25) is 4.79 Å². The summed E-state index contributed by atoms with van der Waals surface area (Å²) in [5, 5.41) is 0. The monoisotopic (exact) mass is 397 g/mol. The Labute approximate surface area is 173 Å². The van der Waals surface area contributed by atoms with E-state index in [1.54, 1.807) is 7.11 Å². The van der Waals surface area contributed by atoms with E-state index in [4.69, 9.17) is 14.2 Å². The van der Waals surface area contributed by atoms with Gasteiger partial charge in [0.1, 0.15) is 11.9 Å². The highest BCUT2D eigenvalue weighted by molar-refractivity contribution is 5.69. The number of benzene rings is 2. The lowest BCUT2D eigenvalue weighted by molar-refractivity contribution is -0.143. The van der Waals surface area contributed by atoms with Crippen LogP contribution in [0, 0.1) is 0 Å². The molecule has 29 heavy (non-hydrogen) atoms. The highest BCUT2D eigenvalue weighted by Gasteiger charge is 2.25. The van der Waals surface area contributed by atoms with Crippen molar-refractivity contribution < 1.29 is 19.0 Å². The van der Waals surface area contributed by atoms with Crippen molar-refractivity contribution >= 4 is 5.97 Å². The summed E-state index contributed by atoms with van der Waals surface area (Å²) in [7, 11) is 1.68. The van der Waals surface area contributed by atoms with Crippen molar-refractivity contribution in [3.05, 3.63) is 65.7 Å². The maximum Gasteiger partial charge on any atom is 0.307 e. The summed E-state index contributed by atoms with van der Waals surface area (Å²) in [4.78, 5) is 13.9. The molecule has 0 N–H and O–H groups in total. The van der Waals surface area contributed by atoms with Crippen LogP contribution in [0.15, 0.2) is 54.6 Å². The first-order valence-electron chi connectivity index (χ1n) is 10.4. The fourth-order valence-corrected chi connectivity index (χ4v) is 3.70. The predicted octanol–water partition coefficient (Wildman–Crippen LogP) is 4.22. The van der Waals surface area contributed by atoms with Crippen LogP contribution in [0.5, 0.6) is 5.75 Å². The molecular weight excluding hydrogens is 366 g/mol. The number of piperidine rings is 1. The van der Waals surface area contributed by atoms with E-state index >= 15 is 0 Å². The highest BCUT2D eigenvalue weighted by atomic mass is 16.5. The number of hydrogen-bond acceptors (Lipinski definition) is 5. The molecular formula is C24H31NO4. The zero-order valence-corrected chi connectivity index (χ0v) is 17.4. The van der Waals surface area contributed by atoms with Crippen LogP contribution in [0.3, 0.4) is 0 Å². The molecule has 1 aliphatic rings. The maximum absolute atomic E-state index is 11.6. The third kappa shape index (κ3) is 6.31. The van der Waals surface area contributed by atoms with Crippen molar-refractivity contribution in [1.29, 1.82) is 0 Å². The van der Waals surface area contributed by atoms with Crippen LogP contribution in [0.4, 0.5) is 0 Å². The minimum Gasteiger partial charge on any atom is -0.497 e. The average Bonchev–Trinajstić information content (AvgIpc) is 2.78. The minimum atomic E-state index is -0.116. The van der Waals surface area contributed by atoms with Crippen LogP contribution in [-0.2, 0) is 14.3 Å². The first-order chi connectivity index (χ1) is 14.2. The molecule has 0 saturated carbocycles. The SMILES string of the molecule is CCOC(=O)CCN1CCC(OC(c2ccccc2)c2ccc(OC)cc2)CC1. The first kappa shape index (κ1) is 21.3. The van der Waals surface area contributed by atoms with Crippen LogP contribution >= 0.6 is 0 Å². The lowest BCUT2D eigenvalue weighted by Crippen LogP contribution is -2.38. The molecule has 0 spiro atoms. The van der Waals surface area contributed by atoms with Gasteiger partial charge in [-0.2, -0.15) is 0 Å². The lowest BCUT2D eigenvalue weighted by atomic mass is 10.00. The third-order valence-electron chi connectivity index (χ3n) is 5.32. The Kier molecular flexibility index (Phi) is 8.08. The van der Waals surface area contributed by atoms with E-state index in [1.807, 2.05) is 37.3 Å². The second-order valence-corrected chi connectivity index (χ2v) is 7.30. The van der Waals surface area contributed by atoms with Crippen molar-refractivity contribution in [1.82, 2.24) is 4.90 Å². The summed E-state index contributed by atoms with van der Waals surface area (Å²) < 4.78 is 16.9. The largest absolute Gasteiger partial charge is 0.497 e. The number of esters is 1. The molecule has 1 saturated heterocycles. The Bertz CT molecular complexity index is 739. The lowest BCUT2D eigenvalue weighted by Gasteiger charge is -2.34. The number of rotatable bonds is 9. The molecule has 0 amide bonds. The van der Waals surface area contributed by atoms with E-state index in [1.165, 1.54) is 0 Å². The van der Waals surface area contributed by atoms with Crippen molar-refractivity contribution in [3.63, 3.8) is 0 Å². The van der Waals surface area contributed by atoms with Crippen LogP contribution in [0.2, 0.25) is 0 Å². The van der Waals surface area contributed by atoms with Gasteiger partial charge < -0.3 is 19.1 Å². The highest BCUT2D eigenvalue weighted by Crippen LogP contribution is 2.31. The molecule has 5 heteroatoms. The number of likely N-dealkylation sites (tertiary alicyclic amines) is 1. The Morgan fingerprint density at radius 3 is 2.31 bits per heavy atom. The molecule has 0 aromatic heterocycles. The molecule has 2 aromatic rings. The van der Waals surface area contributed by atoms with Gasteiger partial charge in [-0.15, -0.1) is 0 Å². The molecule has 0 bridgehead atoms. The van der Waals surface area contributed by atoms with Gasteiger partial charge in [-0.05, 0) is 43.0 Å². The normalized spacial score (nSPS) is 16.3. The van der Waals surface area contributed by atoms with Crippen molar-refractivity contribution in [3.8, 4) is 5.75 Å². The summed E-state index contributed by atoms with van der Waals surface area (Å²) in [6.45, 7) is 4.92. The number of nitrogens with zero attached hydrogens (tertiary/aromatic N) is 1. The van der Waals surface area contributed by atoms with Crippen LogP contribution in [0.25, 0.3) is 0 Å². The van der Waals surface area contributed by atoms with Gasteiger partial charge in [0.15, 0.2) is 0 Å². The summed E-state index contributed by atoms with van der Waals surface area (Å²) >= 11 is 0. The summed E-state index contributed by atoms with van der Waals surface area (Å²) in [6.07, 6.45) is 2.47. The Morgan fingerprint density at radius 2 is 1.69 bits per heavy atom. The van der Waals surface area contributed by atoms with Gasteiger partial charge in [-0.1, -0.05) is 42.5 Å². The fourth-order valence-electron chi connectivity index (χ4n) is 3.70. The van der Waals surface area contributed by atoms with Crippen LogP contribution in [0.1, 0.15) is 43.4 Å². The van der Waals surface area contributed by atoms with Crippen LogP contribution in [-0.4, -0.2) is 50.3 Å². The van der Waals surface area contributed by atoms with Crippen molar-refractivity contribution in [2.24, 2.45) is 0 Å². The van der Waals surface area contributed by atoms with Gasteiger partial charge in [0, 0.05) is 19.6 Å². The molecule has 1 aliphatic heterocycles. The van der Waals surface area contributed by atoms with E-state index in [0.717, 1.165) is 49.4 Å². The summed E-state index contributed by atoms with van der Waals surface area (Å²) in [5.41, 5.74) is 2.28. The number of methoxy groups -OCH3 is 1. The predicted molar refractivity (Wildman–Crippen MR) is 113 cm³/mol. The molecule has 0 aliphatic carbocycles. The zero-order valence-electron chi connectivity index (χ0n) is 17.4. The number of carbonyl (C=O) groups is 1. The van der Waals surface area contributed by atoms with Crippen molar-refractivity contribution in [2.75, 3.05) is 33.4 Å². The molecule has 1 fully saturated rings. The number of carbonyl (C=O) groups excluding carboxylic acids is 1. The van der Waals surface area contributed by atoms with Gasteiger partial charge >= 0.3 is 5.97 Å². The molecule has 156 valence electrons. The van der Waals surface area contributed by atoms with E-state index in [0.29, 0.717) is 13.0 Å². The van der Waals surface area contributed by atoms with E-state index in [9.17, 15) is 4.79 Å². The Hall–Kier alpha value is -2.37. The number of hydrogen-bond donors (Lipinski definition) is 0. The van der Waals surface area contributed by atoms with E-state index in [2.05, 4.69) is 29.2 Å². The van der Waals surface area contributed by atoms with E-state index in [-0.39, 0.29) is 18.2 Å². The van der Waals surface area contributed by atoms with Gasteiger partial charge in [0.05, 0.1) is 26.2 Å². The average molecular weight is 398 g/mol. The number of ether oxygens (including phenoxy) is 3.